The maximum absolute atomic E-state index is 12.2. The summed E-state index contributed by atoms with van der Waals surface area (Å²) in [5.41, 5.74) is 7.86. The molecule has 0 aliphatic heterocycles. The Hall–Kier alpha value is -2.96. The lowest BCUT2D eigenvalue weighted by Crippen LogP contribution is -2.22. The van der Waals surface area contributed by atoms with E-state index in [1.54, 1.807) is 18.0 Å². The minimum Gasteiger partial charge on any atom is -0.497 e. The third kappa shape index (κ3) is 6.83. The molecule has 3 aromatic rings. The molecule has 11 heteroatoms. The molecule has 0 fully saturated rings. The van der Waals surface area contributed by atoms with Gasteiger partial charge in [0.1, 0.15) is 11.5 Å². The molecule has 0 bridgehead atoms. The first-order chi connectivity index (χ1) is 13.8. The van der Waals surface area contributed by atoms with Gasteiger partial charge in [-0.25, -0.2) is 9.67 Å². The number of benzene rings is 2. The second kappa shape index (κ2) is 10.2. The highest BCUT2D eigenvalue weighted by molar-refractivity contribution is 14.0. The SMILES string of the molecule is COc1ccc(-n2ccc(CN=C(N)Nc3ccc(OC(F)(F)F)cc3)n2)cc1.I. The second-order valence-electron chi connectivity index (χ2n) is 5.85. The van der Waals surface area contributed by atoms with E-state index in [4.69, 9.17) is 10.5 Å². The van der Waals surface area contributed by atoms with Crippen LogP contribution in [0.5, 0.6) is 11.5 Å². The highest BCUT2D eigenvalue weighted by atomic mass is 127. The summed E-state index contributed by atoms with van der Waals surface area (Å²) >= 11 is 0. The number of methoxy groups -OCH3 is 1. The first-order valence-electron chi connectivity index (χ1n) is 8.44. The van der Waals surface area contributed by atoms with Gasteiger partial charge >= 0.3 is 6.36 Å². The molecule has 7 nitrogen and oxygen atoms in total. The molecule has 160 valence electrons. The fourth-order valence-electron chi connectivity index (χ4n) is 2.42. The first-order valence-corrected chi connectivity index (χ1v) is 8.44. The standard InChI is InChI=1S/C19H18F3N5O2.HI/c1-28-16-8-4-15(5-9-16)27-11-10-14(26-27)12-24-18(23)25-13-2-6-17(7-3-13)29-19(20,21)22;/h2-11H,12H2,1H3,(H3,23,24,25);1H. The van der Waals surface area contributed by atoms with Gasteiger partial charge < -0.3 is 20.5 Å². The van der Waals surface area contributed by atoms with Crippen LogP contribution in [-0.2, 0) is 6.54 Å². The molecule has 0 unspecified atom stereocenters. The second-order valence-corrected chi connectivity index (χ2v) is 5.85. The van der Waals surface area contributed by atoms with Crippen LogP contribution in [0.1, 0.15) is 5.69 Å². The lowest BCUT2D eigenvalue weighted by molar-refractivity contribution is -0.274. The molecule has 0 aliphatic carbocycles. The molecule has 0 saturated heterocycles. The predicted octanol–water partition coefficient (Wildman–Crippen LogP) is 4.32. The first kappa shape index (κ1) is 23.3. The lowest BCUT2D eigenvalue weighted by Gasteiger charge is -2.10. The summed E-state index contributed by atoms with van der Waals surface area (Å²) in [4.78, 5) is 4.18. The van der Waals surface area contributed by atoms with Crippen molar-refractivity contribution in [2.75, 3.05) is 12.4 Å². The average molecular weight is 533 g/mol. The molecule has 3 N–H and O–H groups in total. The Labute approximate surface area is 187 Å². The van der Waals surface area contributed by atoms with E-state index in [2.05, 4.69) is 20.1 Å². The molecule has 2 aromatic carbocycles. The van der Waals surface area contributed by atoms with Gasteiger partial charge in [-0.3, -0.25) is 0 Å². The van der Waals surface area contributed by atoms with E-state index < -0.39 is 6.36 Å². The Balaban J connectivity index is 0.00000320. The van der Waals surface area contributed by atoms with E-state index in [1.807, 2.05) is 30.3 Å². The van der Waals surface area contributed by atoms with Gasteiger partial charge in [-0.05, 0) is 54.6 Å². The van der Waals surface area contributed by atoms with Crippen LogP contribution in [0.4, 0.5) is 18.9 Å². The van der Waals surface area contributed by atoms with Crippen LogP contribution in [0.2, 0.25) is 0 Å². The Kier molecular flexibility index (Phi) is 7.92. The van der Waals surface area contributed by atoms with Gasteiger partial charge in [-0.2, -0.15) is 5.10 Å². The summed E-state index contributed by atoms with van der Waals surface area (Å²) in [5.74, 6) is 0.540. The number of guanidine groups is 1. The summed E-state index contributed by atoms with van der Waals surface area (Å²) in [5, 5.41) is 7.22. The fourth-order valence-corrected chi connectivity index (χ4v) is 2.42. The number of halogens is 4. The largest absolute Gasteiger partial charge is 0.573 e. The smallest absolute Gasteiger partial charge is 0.497 e. The van der Waals surface area contributed by atoms with E-state index >= 15 is 0 Å². The van der Waals surface area contributed by atoms with Crippen molar-refractivity contribution in [3.8, 4) is 17.2 Å². The van der Waals surface area contributed by atoms with Gasteiger partial charge in [0.15, 0.2) is 5.96 Å². The fraction of sp³-hybridized carbons (Fsp3) is 0.158. The zero-order valence-corrected chi connectivity index (χ0v) is 18.1. The number of aliphatic imine (C=N–C) groups is 1. The number of ether oxygens (including phenoxy) is 2. The van der Waals surface area contributed by atoms with Crippen molar-refractivity contribution in [1.82, 2.24) is 9.78 Å². The minimum absolute atomic E-state index is 0. The summed E-state index contributed by atoms with van der Waals surface area (Å²) in [6.07, 6.45) is -2.93. The van der Waals surface area contributed by atoms with Crippen LogP contribution in [0, 0.1) is 0 Å². The Morgan fingerprint density at radius 3 is 2.30 bits per heavy atom. The molecule has 30 heavy (non-hydrogen) atoms. The average Bonchev–Trinajstić information content (AvgIpc) is 3.16. The molecule has 1 aromatic heterocycles. The molecule has 0 radical (unpaired) electrons. The van der Waals surface area contributed by atoms with Crippen LogP contribution < -0.4 is 20.5 Å². The lowest BCUT2D eigenvalue weighted by atomic mass is 10.3. The number of nitrogens with two attached hydrogens (primary N) is 1. The van der Waals surface area contributed by atoms with Crippen molar-refractivity contribution < 1.29 is 22.6 Å². The van der Waals surface area contributed by atoms with Crippen molar-refractivity contribution in [2.24, 2.45) is 10.7 Å². The summed E-state index contributed by atoms with van der Waals surface area (Å²) in [7, 11) is 1.60. The third-order valence-electron chi connectivity index (χ3n) is 3.75. The Morgan fingerprint density at radius 1 is 1.07 bits per heavy atom. The maximum Gasteiger partial charge on any atom is 0.573 e. The van der Waals surface area contributed by atoms with Gasteiger partial charge in [0.05, 0.1) is 25.0 Å². The predicted molar refractivity (Wildman–Crippen MR) is 118 cm³/mol. The van der Waals surface area contributed by atoms with E-state index in [1.165, 1.54) is 24.3 Å². The van der Waals surface area contributed by atoms with Crippen LogP contribution in [0.25, 0.3) is 5.69 Å². The molecule has 0 amide bonds. The number of hydrogen-bond donors (Lipinski definition) is 2. The molecule has 1 heterocycles. The number of rotatable bonds is 6. The van der Waals surface area contributed by atoms with Crippen molar-refractivity contribution in [3.05, 3.63) is 66.5 Å². The monoisotopic (exact) mass is 533 g/mol. The van der Waals surface area contributed by atoms with Gasteiger partial charge in [-0.1, -0.05) is 0 Å². The summed E-state index contributed by atoms with van der Waals surface area (Å²) in [6.45, 7) is 0.233. The van der Waals surface area contributed by atoms with E-state index in [-0.39, 0.29) is 42.2 Å². The number of hydrogen-bond acceptors (Lipinski definition) is 4. The Bertz CT molecular complexity index is 973. The van der Waals surface area contributed by atoms with Gasteiger partial charge in [0.25, 0.3) is 0 Å². The molecule has 0 spiro atoms. The van der Waals surface area contributed by atoms with Crippen LogP contribution in [-0.4, -0.2) is 29.2 Å². The molecule has 0 atom stereocenters. The van der Waals surface area contributed by atoms with Gasteiger partial charge in [-0.15, -0.1) is 37.1 Å². The number of alkyl halides is 3. The van der Waals surface area contributed by atoms with Crippen molar-refractivity contribution in [2.45, 2.75) is 12.9 Å². The Morgan fingerprint density at radius 2 is 1.70 bits per heavy atom. The topological polar surface area (TPSA) is 86.7 Å². The summed E-state index contributed by atoms with van der Waals surface area (Å²) < 4.78 is 47.1. The highest BCUT2D eigenvalue weighted by Gasteiger charge is 2.30. The minimum atomic E-state index is -4.73. The highest BCUT2D eigenvalue weighted by Crippen LogP contribution is 2.23. The molecular weight excluding hydrogens is 514 g/mol. The maximum atomic E-state index is 12.2. The zero-order valence-electron chi connectivity index (χ0n) is 15.8. The zero-order chi connectivity index (χ0) is 20.9. The van der Waals surface area contributed by atoms with Gasteiger partial charge in [0, 0.05) is 11.9 Å². The number of anilines is 1. The van der Waals surface area contributed by atoms with E-state index in [0.29, 0.717) is 11.4 Å². The van der Waals surface area contributed by atoms with Crippen molar-refractivity contribution >= 4 is 35.6 Å². The van der Waals surface area contributed by atoms with Crippen LogP contribution in [0.15, 0.2) is 65.8 Å². The third-order valence-corrected chi connectivity index (χ3v) is 3.75. The van der Waals surface area contributed by atoms with Crippen LogP contribution in [0.3, 0.4) is 0 Å². The van der Waals surface area contributed by atoms with Crippen molar-refractivity contribution in [1.29, 1.82) is 0 Å². The number of nitrogens with one attached hydrogen (secondary N) is 1. The van der Waals surface area contributed by atoms with Crippen LogP contribution >= 0.6 is 24.0 Å². The van der Waals surface area contributed by atoms with E-state index in [9.17, 15) is 13.2 Å². The molecule has 0 saturated carbocycles. The molecule has 3 rings (SSSR count). The number of nitrogens with zero attached hydrogens (tertiary/aromatic N) is 3. The van der Waals surface area contributed by atoms with Gasteiger partial charge in [0.2, 0.25) is 0 Å². The molecule has 0 aliphatic rings. The molecular formula is C19H19F3IN5O2. The normalized spacial score (nSPS) is 11.5. The number of aromatic nitrogens is 2. The summed E-state index contributed by atoms with van der Waals surface area (Å²) in [6, 6.07) is 14.4. The van der Waals surface area contributed by atoms with Crippen molar-refractivity contribution in [3.63, 3.8) is 0 Å². The van der Waals surface area contributed by atoms with E-state index in [0.717, 1.165) is 11.4 Å². The quantitative estimate of drug-likeness (QED) is 0.280.